The van der Waals surface area contributed by atoms with E-state index >= 15 is 0 Å². The van der Waals surface area contributed by atoms with Gasteiger partial charge in [0.15, 0.2) is 5.96 Å². The van der Waals surface area contributed by atoms with Crippen LogP contribution in [0.15, 0.2) is 9.52 Å². The van der Waals surface area contributed by atoms with E-state index in [1.54, 1.807) is 6.92 Å². The number of rotatable bonds is 8. The fraction of sp³-hybridized carbons (Fsp3) is 0.579. The van der Waals surface area contributed by atoms with Crippen molar-refractivity contribution < 1.29 is 14.1 Å². The molecule has 0 aliphatic rings. The fourth-order valence-corrected chi connectivity index (χ4v) is 3.68. The number of aliphatic imine (C=N–C) groups is 1. The van der Waals surface area contributed by atoms with Crippen molar-refractivity contribution in [2.24, 2.45) is 4.99 Å². The van der Waals surface area contributed by atoms with Gasteiger partial charge in [0.1, 0.15) is 15.6 Å². The normalized spacial score (nSPS) is 12.7. The lowest BCUT2D eigenvalue weighted by atomic mass is 10.1. The average molecular weight is 408 g/mol. The first-order valence-corrected chi connectivity index (χ1v) is 10.3. The zero-order valence-electron chi connectivity index (χ0n) is 17.4. The first-order valence-electron chi connectivity index (χ1n) is 9.48. The minimum Gasteiger partial charge on any atom is -0.462 e. The van der Waals surface area contributed by atoms with Crippen LogP contribution < -0.4 is 10.6 Å². The van der Waals surface area contributed by atoms with E-state index in [0.717, 1.165) is 35.0 Å². The summed E-state index contributed by atoms with van der Waals surface area (Å²) >= 11 is 1.35. The molecular formula is C19H29N5O3S. The third kappa shape index (κ3) is 5.54. The van der Waals surface area contributed by atoms with Crippen LogP contribution in [0.1, 0.15) is 64.2 Å². The van der Waals surface area contributed by atoms with Crippen molar-refractivity contribution in [1.29, 1.82) is 0 Å². The van der Waals surface area contributed by atoms with Crippen LogP contribution >= 0.6 is 11.3 Å². The second kappa shape index (κ2) is 10.2. The van der Waals surface area contributed by atoms with Crippen LogP contribution in [0.2, 0.25) is 0 Å². The van der Waals surface area contributed by atoms with E-state index in [0.29, 0.717) is 29.7 Å². The summed E-state index contributed by atoms with van der Waals surface area (Å²) in [5.41, 5.74) is 2.69. The molecule has 0 amide bonds. The fourth-order valence-electron chi connectivity index (χ4n) is 2.71. The zero-order valence-corrected chi connectivity index (χ0v) is 18.2. The van der Waals surface area contributed by atoms with Gasteiger partial charge in [0.2, 0.25) is 0 Å². The second-order valence-electron chi connectivity index (χ2n) is 6.37. The third-order valence-electron chi connectivity index (χ3n) is 4.15. The van der Waals surface area contributed by atoms with Crippen molar-refractivity contribution in [3.63, 3.8) is 0 Å². The van der Waals surface area contributed by atoms with Crippen molar-refractivity contribution in [3.05, 3.63) is 32.6 Å². The number of carbonyl (C=O) groups excluding carboxylic acids is 1. The molecule has 1 unspecified atom stereocenters. The lowest BCUT2D eigenvalue weighted by molar-refractivity contribution is 0.0531. The Kier molecular flexibility index (Phi) is 7.98. The van der Waals surface area contributed by atoms with E-state index in [-0.39, 0.29) is 12.0 Å². The monoisotopic (exact) mass is 407 g/mol. The number of nitrogens with one attached hydrogen (secondary N) is 2. The number of hydrogen-bond acceptors (Lipinski definition) is 7. The van der Waals surface area contributed by atoms with E-state index in [1.165, 1.54) is 11.3 Å². The molecule has 9 heteroatoms. The molecule has 1 atom stereocenters. The average Bonchev–Trinajstić information content (AvgIpc) is 3.19. The number of thiazole rings is 1. The highest BCUT2D eigenvalue weighted by atomic mass is 32.1. The summed E-state index contributed by atoms with van der Waals surface area (Å²) in [7, 11) is 0. The first kappa shape index (κ1) is 21.9. The van der Waals surface area contributed by atoms with Gasteiger partial charge in [-0.15, -0.1) is 11.3 Å². The van der Waals surface area contributed by atoms with Gasteiger partial charge in [0.05, 0.1) is 24.0 Å². The Bertz CT molecular complexity index is 808. The highest BCUT2D eigenvalue weighted by Crippen LogP contribution is 2.24. The predicted octanol–water partition coefficient (Wildman–Crippen LogP) is 3.09. The van der Waals surface area contributed by atoms with Crippen LogP contribution in [0.25, 0.3) is 0 Å². The molecule has 0 bridgehead atoms. The van der Waals surface area contributed by atoms with Gasteiger partial charge in [0.25, 0.3) is 0 Å². The molecule has 2 aromatic heterocycles. The summed E-state index contributed by atoms with van der Waals surface area (Å²) in [6, 6.07) is -0.0938. The number of hydrogen-bond donors (Lipinski definition) is 2. The Morgan fingerprint density at radius 3 is 2.64 bits per heavy atom. The highest BCUT2D eigenvalue weighted by Gasteiger charge is 2.20. The van der Waals surface area contributed by atoms with E-state index < -0.39 is 0 Å². The Hall–Kier alpha value is -2.42. The SMILES string of the molecule is CCNC(=NCCc1c(C)noc1C)NC(C)c1nc(C)c(C(=O)OCC)s1. The van der Waals surface area contributed by atoms with Crippen LogP contribution in [0, 0.1) is 20.8 Å². The molecule has 0 aliphatic heterocycles. The van der Waals surface area contributed by atoms with Gasteiger partial charge in [0, 0.05) is 18.7 Å². The summed E-state index contributed by atoms with van der Waals surface area (Å²) in [5.74, 6) is 1.21. The number of ether oxygens (including phenoxy) is 1. The quantitative estimate of drug-likeness (QED) is 0.394. The van der Waals surface area contributed by atoms with Gasteiger partial charge in [-0.25, -0.2) is 9.78 Å². The molecule has 2 aromatic rings. The molecule has 0 saturated heterocycles. The standard InChI is InChI=1S/C19H29N5O3S/c1-7-20-19(21-10-9-15-11(3)24-27-14(15)6)23-13(5)17-22-12(4)16(28-17)18(25)26-8-2/h13H,7-10H2,1-6H3,(H2,20,21,23). The number of nitrogens with zero attached hydrogens (tertiary/aromatic N) is 3. The summed E-state index contributed by atoms with van der Waals surface area (Å²) in [6.07, 6.45) is 0.759. The number of carbonyl (C=O) groups is 1. The van der Waals surface area contributed by atoms with Gasteiger partial charge in [-0.05, 0) is 48.0 Å². The second-order valence-corrected chi connectivity index (χ2v) is 7.40. The topological polar surface area (TPSA) is 102 Å². The molecule has 0 fully saturated rings. The van der Waals surface area contributed by atoms with Gasteiger partial charge in [-0.2, -0.15) is 0 Å². The van der Waals surface area contributed by atoms with E-state index in [9.17, 15) is 4.79 Å². The molecule has 28 heavy (non-hydrogen) atoms. The molecule has 0 spiro atoms. The summed E-state index contributed by atoms with van der Waals surface area (Å²) in [4.78, 5) is 21.7. The number of aromatic nitrogens is 2. The van der Waals surface area contributed by atoms with Gasteiger partial charge >= 0.3 is 5.97 Å². The third-order valence-corrected chi connectivity index (χ3v) is 5.47. The summed E-state index contributed by atoms with van der Waals surface area (Å²) in [5, 5.41) is 11.4. The zero-order chi connectivity index (χ0) is 20.7. The highest BCUT2D eigenvalue weighted by molar-refractivity contribution is 7.13. The van der Waals surface area contributed by atoms with Crippen LogP contribution in [0.3, 0.4) is 0 Å². The molecule has 0 saturated carbocycles. The van der Waals surface area contributed by atoms with Gasteiger partial charge < -0.3 is 19.9 Å². The Morgan fingerprint density at radius 2 is 2.04 bits per heavy atom. The molecular weight excluding hydrogens is 378 g/mol. The summed E-state index contributed by atoms with van der Waals surface area (Å²) in [6.45, 7) is 13.2. The van der Waals surface area contributed by atoms with Crippen LogP contribution in [-0.2, 0) is 11.2 Å². The summed E-state index contributed by atoms with van der Waals surface area (Å²) < 4.78 is 10.3. The van der Waals surface area contributed by atoms with Crippen molar-refractivity contribution in [3.8, 4) is 0 Å². The minimum atomic E-state index is -0.323. The molecule has 2 heterocycles. The molecule has 0 aromatic carbocycles. The Labute approximate surface area is 169 Å². The van der Waals surface area contributed by atoms with E-state index in [4.69, 9.17) is 9.26 Å². The predicted molar refractivity (Wildman–Crippen MR) is 110 cm³/mol. The van der Waals surface area contributed by atoms with E-state index in [2.05, 4.69) is 25.8 Å². The van der Waals surface area contributed by atoms with E-state index in [1.807, 2.05) is 34.6 Å². The minimum absolute atomic E-state index is 0.0938. The lowest BCUT2D eigenvalue weighted by Crippen LogP contribution is -2.38. The van der Waals surface area contributed by atoms with Gasteiger partial charge in [-0.3, -0.25) is 4.99 Å². The van der Waals surface area contributed by atoms with Crippen LogP contribution in [-0.4, -0.2) is 41.8 Å². The molecule has 0 radical (unpaired) electrons. The Balaban J connectivity index is 2.04. The first-order chi connectivity index (χ1) is 13.4. The molecule has 0 aliphatic carbocycles. The lowest BCUT2D eigenvalue weighted by Gasteiger charge is -2.16. The smallest absolute Gasteiger partial charge is 0.350 e. The molecule has 154 valence electrons. The van der Waals surface area contributed by atoms with Crippen molar-refractivity contribution in [2.75, 3.05) is 19.7 Å². The largest absolute Gasteiger partial charge is 0.462 e. The Morgan fingerprint density at radius 1 is 1.29 bits per heavy atom. The molecule has 2 N–H and O–H groups in total. The van der Waals surface area contributed by atoms with Crippen molar-refractivity contribution in [2.45, 2.75) is 54.0 Å². The van der Waals surface area contributed by atoms with Gasteiger partial charge in [-0.1, -0.05) is 5.16 Å². The number of guanidine groups is 1. The maximum Gasteiger partial charge on any atom is 0.350 e. The molecule has 8 nitrogen and oxygen atoms in total. The number of esters is 1. The maximum atomic E-state index is 12.0. The number of aryl methyl sites for hydroxylation is 3. The molecule has 2 rings (SSSR count). The van der Waals surface area contributed by atoms with Crippen LogP contribution in [0.4, 0.5) is 0 Å². The van der Waals surface area contributed by atoms with Crippen LogP contribution in [0.5, 0.6) is 0 Å². The van der Waals surface area contributed by atoms with Crippen molar-refractivity contribution in [1.82, 2.24) is 20.8 Å². The maximum absolute atomic E-state index is 12.0. The van der Waals surface area contributed by atoms with Crippen molar-refractivity contribution >= 4 is 23.3 Å².